The number of alkyl halides is 1. The van der Waals surface area contributed by atoms with Gasteiger partial charge in [0.1, 0.15) is 0 Å². The van der Waals surface area contributed by atoms with Gasteiger partial charge in [0.2, 0.25) is 0 Å². The first kappa shape index (κ1) is 12.5. The van der Waals surface area contributed by atoms with Gasteiger partial charge in [0.15, 0.2) is 5.56 Å². The topological polar surface area (TPSA) is 83.9 Å². The maximum absolute atomic E-state index is 10.9. The Morgan fingerprint density at radius 2 is 2.15 bits per heavy atom. The molecule has 0 rings (SSSR count). The Hall–Kier alpha value is -0.530. The smallest absolute Gasteiger partial charge is 0.426 e. The molecule has 1 atom stereocenters. The lowest BCUT2D eigenvalue weighted by Gasteiger charge is -2.16. The quantitative estimate of drug-likeness (QED) is 0.575. The van der Waals surface area contributed by atoms with Crippen LogP contribution in [0.25, 0.3) is 0 Å². The first-order valence-corrected chi connectivity index (χ1v) is 5.22. The summed E-state index contributed by atoms with van der Waals surface area (Å²) >= 11 is 5.28. The summed E-state index contributed by atoms with van der Waals surface area (Å²) in [7, 11) is -4.56. The van der Waals surface area contributed by atoms with Crippen LogP contribution in [0.1, 0.15) is 13.8 Å². The number of halogens is 1. The van der Waals surface area contributed by atoms with E-state index in [0.29, 0.717) is 0 Å². The van der Waals surface area contributed by atoms with E-state index in [0.717, 1.165) is 0 Å². The Kier molecular flexibility index (Phi) is 4.45. The largest absolute Gasteiger partial charge is 0.429 e. The summed E-state index contributed by atoms with van der Waals surface area (Å²) in [6.45, 7) is 2.49. The van der Waals surface area contributed by atoms with Gasteiger partial charge in [-0.25, -0.2) is 4.79 Å². The van der Waals surface area contributed by atoms with Gasteiger partial charge in [-0.2, -0.15) is 12.7 Å². The Labute approximate surface area is 81.3 Å². The van der Waals surface area contributed by atoms with E-state index in [-0.39, 0.29) is 10.8 Å². The van der Waals surface area contributed by atoms with Crippen LogP contribution < -0.4 is 0 Å². The molecule has 1 unspecified atom stereocenters. The Balaban J connectivity index is 4.52. The van der Waals surface area contributed by atoms with Gasteiger partial charge in [0.05, 0.1) is 0 Å². The minimum absolute atomic E-state index is 0.159. The molecule has 0 radical (unpaired) electrons. The van der Waals surface area contributed by atoms with Crippen molar-refractivity contribution in [2.45, 2.75) is 19.4 Å². The number of ether oxygens (including phenoxy) is 1. The molecule has 0 saturated carbocycles. The molecule has 0 bridgehead atoms. The predicted octanol–water partition coefficient (Wildman–Crippen LogP) is 0.833. The van der Waals surface area contributed by atoms with Gasteiger partial charge < -0.3 is 4.74 Å². The SMILES string of the molecule is CCN(C(=O)OC(C)Cl)S(=O)(=O)O. The third-order valence-corrected chi connectivity index (χ3v) is 2.09. The monoisotopic (exact) mass is 231 g/mol. The fraction of sp³-hybridized carbons (Fsp3) is 0.800. The predicted molar refractivity (Wildman–Crippen MR) is 45.7 cm³/mol. The van der Waals surface area contributed by atoms with Crippen LogP contribution in [-0.4, -0.2) is 35.5 Å². The second kappa shape index (κ2) is 4.64. The average Bonchev–Trinajstić information content (AvgIpc) is 1.82. The molecule has 0 aromatic carbocycles. The molecule has 0 aliphatic carbocycles. The molecule has 0 aliphatic heterocycles. The van der Waals surface area contributed by atoms with Crippen molar-refractivity contribution in [3.63, 3.8) is 0 Å². The van der Waals surface area contributed by atoms with E-state index in [1.165, 1.54) is 13.8 Å². The van der Waals surface area contributed by atoms with Crippen LogP contribution in [0.4, 0.5) is 4.79 Å². The van der Waals surface area contributed by atoms with Gasteiger partial charge in [-0.05, 0) is 13.8 Å². The molecule has 0 fully saturated rings. The minimum Gasteiger partial charge on any atom is -0.429 e. The van der Waals surface area contributed by atoms with E-state index in [1.807, 2.05) is 0 Å². The van der Waals surface area contributed by atoms with Crippen molar-refractivity contribution in [2.75, 3.05) is 6.54 Å². The Morgan fingerprint density at radius 1 is 1.69 bits per heavy atom. The number of hydrogen-bond donors (Lipinski definition) is 1. The summed E-state index contributed by atoms with van der Waals surface area (Å²) in [5.41, 5.74) is -0.955. The number of carbonyl (C=O) groups excluding carboxylic acids is 1. The molecular weight excluding hydrogens is 222 g/mol. The van der Waals surface area contributed by atoms with Crippen LogP contribution in [0.3, 0.4) is 0 Å². The molecule has 6 nitrogen and oxygen atoms in total. The lowest BCUT2D eigenvalue weighted by Crippen LogP contribution is -2.37. The van der Waals surface area contributed by atoms with E-state index in [2.05, 4.69) is 4.74 Å². The Morgan fingerprint density at radius 3 is 2.38 bits per heavy atom. The highest BCUT2D eigenvalue weighted by atomic mass is 35.5. The summed E-state index contributed by atoms with van der Waals surface area (Å²) in [5, 5.41) is 0. The van der Waals surface area contributed by atoms with Crippen LogP contribution >= 0.6 is 11.6 Å². The summed E-state index contributed by atoms with van der Waals surface area (Å²) in [6.07, 6.45) is -1.20. The van der Waals surface area contributed by atoms with E-state index < -0.39 is 22.0 Å². The molecule has 0 spiro atoms. The summed E-state index contributed by atoms with van der Waals surface area (Å²) in [6, 6.07) is 0. The van der Waals surface area contributed by atoms with Crippen molar-refractivity contribution >= 4 is 28.0 Å². The van der Waals surface area contributed by atoms with Crippen molar-refractivity contribution in [3.8, 4) is 0 Å². The average molecular weight is 232 g/mol. The molecule has 0 aliphatic rings. The zero-order valence-corrected chi connectivity index (χ0v) is 8.67. The first-order valence-electron chi connectivity index (χ1n) is 3.38. The third-order valence-electron chi connectivity index (χ3n) is 1.03. The molecule has 0 aromatic heterocycles. The maximum Gasteiger partial charge on any atom is 0.426 e. The highest BCUT2D eigenvalue weighted by Crippen LogP contribution is 2.05. The third kappa shape index (κ3) is 4.30. The zero-order chi connectivity index (χ0) is 10.6. The van der Waals surface area contributed by atoms with Gasteiger partial charge in [-0.1, -0.05) is 11.6 Å². The van der Waals surface area contributed by atoms with Crippen molar-refractivity contribution in [3.05, 3.63) is 0 Å². The number of amides is 1. The molecule has 1 amide bonds. The highest BCUT2D eigenvalue weighted by molar-refractivity contribution is 7.83. The van der Waals surface area contributed by atoms with Gasteiger partial charge in [0, 0.05) is 6.54 Å². The zero-order valence-electron chi connectivity index (χ0n) is 7.10. The van der Waals surface area contributed by atoms with Crippen LogP contribution in [-0.2, 0) is 15.0 Å². The van der Waals surface area contributed by atoms with Crippen LogP contribution in [0, 0.1) is 0 Å². The van der Waals surface area contributed by atoms with Gasteiger partial charge in [-0.3, -0.25) is 4.55 Å². The molecule has 13 heavy (non-hydrogen) atoms. The molecule has 78 valence electrons. The Bertz CT molecular complexity index is 275. The van der Waals surface area contributed by atoms with Gasteiger partial charge >= 0.3 is 16.4 Å². The number of rotatable bonds is 3. The maximum atomic E-state index is 10.9. The number of hydrogen-bond acceptors (Lipinski definition) is 4. The molecule has 8 heteroatoms. The molecular formula is C5H10ClNO5S. The van der Waals surface area contributed by atoms with Crippen molar-refractivity contribution in [1.82, 2.24) is 4.31 Å². The molecule has 0 aromatic rings. The van der Waals surface area contributed by atoms with E-state index in [9.17, 15) is 13.2 Å². The number of nitrogens with zero attached hydrogens (tertiary/aromatic N) is 1. The van der Waals surface area contributed by atoms with E-state index in [4.69, 9.17) is 16.2 Å². The minimum atomic E-state index is -4.56. The second-order valence-corrected chi connectivity index (χ2v) is 4.02. The lowest BCUT2D eigenvalue weighted by atomic mass is 10.7. The lowest BCUT2D eigenvalue weighted by molar-refractivity contribution is 0.117. The van der Waals surface area contributed by atoms with Crippen LogP contribution in [0.2, 0.25) is 0 Å². The second-order valence-electron chi connectivity index (χ2n) is 2.07. The van der Waals surface area contributed by atoms with E-state index in [1.54, 1.807) is 0 Å². The van der Waals surface area contributed by atoms with Crippen LogP contribution in [0.15, 0.2) is 0 Å². The van der Waals surface area contributed by atoms with Crippen molar-refractivity contribution in [1.29, 1.82) is 0 Å². The van der Waals surface area contributed by atoms with E-state index >= 15 is 0 Å². The fourth-order valence-electron chi connectivity index (χ4n) is 0.584. The molecule has 0 heterocycles. The standard InChI is InChI=1S/C5H10ClNO5S/c1-3-7(13(9,10)11)5(8)12-4(2)6/h4H,3H2,1-2H3,(H,9,10,11). The molecule has 1 N–H and O–H groups in total. The highest BCUT2D eigenvalue weighted by Gasteiger charge is 2.25. The molecule has 0 saturated heterocycles. The first-order chi connectivity index (χ1) is 5.79. The van der Waals surface area contributed by atoms with Crippen LogP contribution in [0.5, 0.6) is 0 Å². The normalized spacial score (nSPS) is 13.5. The van der Waals surface area contributed by atoms with Gasteiger partial charge in [0.25, 0.3) is 0 Å². The number of carbonyl (C=O) groups is 1. The van der Waals surface area contributed by atoms with Crippen molar-refractivity contribution in [2.24, 2.45) is 0 Å². The summed E-state index contributed by atoms with van der Waals surface area (Å²) < 4.78 is 34.1. The summed E-state index contributed by atoms with van der Waals surface area (Å²) in [5.74, 6) is 0. The van der Waals surface area contributed by atoms with Crippen molar-refractivity contribution < 1.29 is 22.5 Å². The summed E-state index contributed by atoms with van der Waals surface area (Å²) in [4.78, 5) is 10.9. The fourth-order valence-corrected chi connectivity index (χ4v) is 1.22. The van der Waals surface area contributed by atoms with Gasteiger partial charge in [-0.15, -0.1) is 0 Å².